The van der Waals surface area contributed by atoms with Gasteiger partial charge in [0.25, 0.3) is 0 Å². The molecule has 1 amide bonds. The van der Waals surface area contributed by atoms with E-state index in [0.717, 1.165) is 36.9 Å². The van der Waals surface area contributed by atoms with Gasteiger partial charge in [-0.2, -0.15) is 0 Å². The molecule has 3 nitrogen and oxygen atoms in total. The number of carbonyl (C=O) groups excluding carboxylic acids is 1. The molecule has 1 fully saturated rings. The highest BCUT2D eigenvalue weighted by Crippen LogP contribution is 2.41. The van der Waals surface area contributed by atoms with Crippen LogP contribution in [-0.2, 0) is 4.79 Å². The van der Waals surface area contributed by atoms with E-state index in [1.165, 1.54) is 6.42 Å². The number of rotatable bonds is 3. The third-order valence-corrected chi connectivity index (χ3v) is 4.88. The average molecular weight is 303 g/mol. The van der Waals surface area contributed by atoms with Gasteiger partial charge in [0.15, 0.2) is 0 Å². The fourth-order valence-corrected chi connectivity index (χ4v) is 3.18. The quantitative estimate of drug-likeness (QED) is 0.865. The van der Waals surface area contributed by atoms with Crippen LogP contribution in [0, 0.1) is 5.41 Å². The Balaban J connectivity index is 2.26. The number of amides is 1. The van der Waals surface area contributed by atoms with Crippen molar-refractivity contribution in [1.82, 2.24) is 0 Å². The lowest BCUT2D eigenvalue weighted by Gasteiger charge is -2.38. The molecule has 1 aliphatic carbocycles. The van der Waals surface area contributed by atoms with Crippen LogP contribution >= 0.6 is 0 Å². The summed E-state index contributed by atoms with van der Waals surface area (Å²) in [6.07, 6.45) is 5.05. The number of para-hydroxylation sites is 1. The van der Waals surface area contributed by atoms with Crippen molar-refractivity contribution in [1.29, 1.82) is 0 Å². The van der Waals surface area contributed by atoms with Crippen LogP contribution in [0.2, 0.25) is 0 Å². The molecule has 3 heteroatoms. The molecule has 2 N–H and O–H groups in total. The van der Waals surface area contributed by atoms with E-state index in [2.05, 4.69) is 12.2 Å². The van der Waals surface area contributed by atoms with Gasteiger partial charge < -0.3 is 10.4 Å². The monoisotopic (exact) mass is 303 g/mol. The highest BCUT2D eigenvalue weighted by Gasteiger charge is 2.37. The van der Waals surface area contributed by atoms with Gasteiger partial charge in [-0.3, -0.25) is 4.79 Å². The van der Waals surface area contributed by atoms with Crippen LogP contribution < -0.4 is 5.32 Å². The van der Waals surface area contributed by atoms with Crippen LogP contribution in [0.3, 0.4) is 0 Å². The highest BCUT2D eigenvalue weighted by molar-refractivity contribution is 5.95. The number of carbonyl (C=O) groups is 1. The number of nitrogens with one attached hydrogen (secondary N) is 1. The van der Waals surface area contributed by atoms with E-state index in [0.29, 0.717) is 0 Å². The lowest BCUT2D eigenvalue weighted by molar-refractivity contribution is -0.123. The Labute approximate surface area is 134 Å². The van der Waals surface area contributed by atoms with Crippen molar-refractivity contribution in [3.8, 4) is 0 Å². The lowest BCUT2D eigenvalue weighted by atomic mass is 9.73. The van der Waals surface area contributed by atoms with Gasteiger partial charge in [-0.15, -0.1) is 0 Å². The summed E-state index contributed by atoms with van der Waals surface area (Å²) in [5.74, 6) is 0.0204. The predicted octanol–water partition coefficient (Wildman–Crippen LogP) is 4.47. The van der Waals surface area contributed by atoms with Gasteiger partial charge in [-0.05, 0) is 24.5 Å². The van der Waals surface area contributed by atoms with Crippen LogP contribution in [-0.4, -0.2) is 16.6 Å². The van der Waals surface area contributed by atoms with Crippen LogP contribution in [0.15, 0.2) is 24.3 Å². The van der Waals surface area contributed by atoms with Crippen LogP contribution in [0.1, 0.15) is 71.3 Å². The van der Waals surface area contributed by atoms with Gasteiger partial charge in [0, 0.05) is 17.0 Å². The maximum absolute atomic E-state index is 12.3. The molecule has 1 saturated carbocycles. The summed E-state index contributed by atoms with van der Waals surface area (Å²) < 4.78 is 0. The maximum Gasteiger partial charge on any atom is 0.229 e. The number of hydrogen-bond acceptors (Lipinski definition) is 2. The minimum absolute atomic E-state index is 0.00258. The number of anilines is 1. The van der Waals surface area contributed by atoms with Crippen LogP contribution in [0.4, 0.5) is 5.69 Å². The second kappa shape index (κ2) is 6.41. The molecule has 0 bridgehead atoms. The van der Waals surface area contributed by atoms with E-state index >= 15 is 0 Å². The molecule has 2 rings (SSSR count). The Bertz CT molecular complexity index is 524. The van der Waals surface area contributed by atoms with Gasteiger partial charge in [0.05, 0.1) is 5.60 Å². The van der Waals surface area contributed by atoms with E-state index in [1.807, 2.05) is 45.0 Å². The Kier molecular flexibility index (Phi) is 4.96. The van der Waals surface area contributed by atoms with Crippen LogP contribution in [0.5, 0.6) is 0 Å². The van der Waals surface area contributed by atoms with Crippen molar-refractivity contribution in [3.63, 3.8) is 0 Å². The molecule has 122 valence electrons. The lowest BCUT2D eigenvalue weighted by Crippen LogP contribution is -2.37. The standard InChI is InChI=1S/C19H29NO2/c1-14(19(22)12-8-5-9-13-19)15-10-6-7-11-16(15)20-17(21)18(2,3)4/h6-7,10-11,14,22H,5,8-9,12-13H2,1-4H3,(H,20,21)/t14-/m1/s1. The highest BCUT2D eigenvalue weighted by atomic mass is 16.3. The number of aliphatic hydroxyl groups is 1. The van der Waals surface area contributed by atoms with Crippen molar-refractivity contribution in [2.45, 2.75) is 71.3 Å². The summed E-state index contributed by atoms with van der Waals surface area (Å²) in [6, 6.07) is 7.86. The SMILES string of the molecule is C[C@H](c1ccccc1NC(=O)C(C)(C)C)C1(O)CCCCC1. The summed E-state index contributed by atoms with van der Waals surface area (Å²) in [5, 5.41) is 14.0. The number of benzene rings is 1. The summed E-state index contributed by atoms with van der Waals surface area (Å²) in [5.41, 5.74) is 0.775. The first kappa shape index (κ1) is 17.0. The molecule has 0 aliphatic heterocycles. The van der Waals surface area contributed by atoms with Crippen molar-refractivity contribution in [2.75, 3.05) is 5.32 Å². The zero-order valence-electron chi connectivity index (χ0n) is 14.3. The number of hydrogen-bond donors (Lipinski definition) is 2. The normalized spacial score (nSPS) is 19.5. The molecule has 0 spiro atoms. The van der Waals surface area contributed by atoms with E-state index < -0.39 is 11.0 Å². The molecule has 0 heterocycles. The molecule has 0 saturated heterocycles. The third-order valence-electron chi connectivity index (χ3n) is 4.88. The summed E-state index contributed by atoms with van der Waals surface area (Å²) in [7, 11) is 0. The second-order valence-corrected chi connectivity index (χ2v) is 7.68. The zero-order chi connectivity index (χ0) is 16.4. The van der Waals surface area contributed by atoms with Crippen molar-refractivity contribution < 1.29 is 9.90 Å². The average Bonchev–Trinajstić information content (AvgIpc) is 2.47. The Morgan fingerprint density at radius 3 is 2.36 bits per heavy atom. The first-order chi connectivity index (χ1) is 10.2. The van der Waals surface area contributed by atoms with Gasteiger partial charge in [-0.25, -0.2) is 0 Å². The molecule has 0 unspecified atom stereocenters. The predicted molar refractivity (Wildman–Crippen MR) is 91.0 cm³/mol. The third kappa shape index (κ3) is 3.70. The van der Waals surface area contributed by atoms with Crippen molar-refractivity contribution >= 4 is 11.6 Å². The molecule has 1 aromatic rings. The minimum atomic E-state index is -0.652. The zero-order valence-corrected chi connectivity index (χ0v) is 14.3. The first-order valence-electron chi connectivity index (χ1n) is 8.37. The first-order valence-corrected chi connectivity index (χ1v) is 8.37. The van der Waals surface area contributed by atoms with E-state index in [9.17, 15) is 9.90 Å². The topological polar surface area (TPSA) is 49.3 Å². The summed E-state index contributed by atoms with van der Waals surface area (Å²) in [6.45, 7) is 7.79. The Morgan fingerprint density at radius 2 is 1.77 bits per heavy atom. The van der Waals surface area contributed by atoms with Crippen LogP contribution in [0.25, 0.3) is 0 Å². The van der Waals surface area contributed by atoms with Crippen molar-refractivity contribution in [2.24, 2.45) is 5.41 Å². The molecule has 22 heavy (non-hydrogen) atoms. The molecule has 0 radical (unpaired) electrons. The van der Waals surface area contributed by atoms with Crippen molar-refractivity contribution in [3.05, 3.63) is 29.8 Å². The maximum atomic E-state index is 12.3. The molecular formula is C19H29NO2. The molecular weight excluding hydrogens is 274 g/mol. The van der Waals surface area contributed by atoms with E-state index in [4.69, 9.17) is 0 Å². The van der Waals surface area contributed by atoms with E-state index in [1.54, 1.807) is 0 Å². The second-order valence-electron chi connectivity index (χ2n) is 7.68. The largest absolute Gasteiger partial charge is 0.389 e. The van der Waals surface area contributed by atoms with Gasteiger partial charge in [-0.1, -0.05) is 65.2 Å². The molecule has 0 aromatic heterocycles. The molecule has 1 atom stereocenters. The van der Waals surface area contributed by atoms with E-state index in [-0.39, 0.29) is 11.8 Å². The van der Waals surface area contributed by atoms with Gasteiger partial charge >= 0.3 is 0 Å². The van der Waals surface area contributed by atoms with Gasteiger partial charge in [0.1, 0.15) is 0 Å². The smallest absolute Gasteiger partial charge is 0.229 e. The Morgan fingerprint density at radius 1 is 1.18 bits per heavy atom. The van der Waals surface area contributed by atoms with Gasteiger partial charge in [0.2, 0.25) is 5.91 Å². The Hall–Kier alpha value is -1.35. The summed E-state index contributed by atoms with van der Waals surface area (Å²) >= 11 is 0. The fraction of sp³-hybridized carbons (Fsp3) is 0.632. The molecule has 1 aliphatic rings. The summed E-state index contributed by atoms with van der Waals surface area (Å²) in [4.78, 5) is 12.3. The molecule has 1 aromatic carbocycles. The fourth-order valence-electron chi connectivity index (χ4n) is 3.18. The minimum Gasteiger partial charge on any atom is -0.389 e.